The first kappa shape index (κ1) is 30.6. The van der Waals surface area contributed by atoms with Gasteiger partial charge in [0.15, 0.2) is 0 Å². The van der Waals surface area contributed by atoms with Crippen LogP contribution in [0.15, 0.2) is 54.1 Å². The van der Waals surface area contributed by atoms with Gasteiger partial charge in [0.1, 0.15) is 5.75 Å². The second kappa shape index (κ2) is 14.0. The number of methoxy groups -OCH3 is 1. The normalized spacial score (nSPS) is 19.2. The fourth-order valence-electron chi connectivity index (χ4n) is 6.20. The number of rotatable bonds is 8. The van der Waals surface area contributed by atoms with Crippen LogP contribution in [-0.4, -0.2) is 67.6 Å². The highest BCUT2D eigenvalue weighted by Crippen LogP contribution is 2.33. The molecule has 5 rings (SSSR count). The number of ether oxygens (including phenoxy) is 1. The molecule has 0 aliphatic carbocycles. The molecular formula is C34H48N4O3. The maximum Gasteiger partial charge on any atom is 0.331 e. The van der Waals surface area contributed by atoms with E-state index in [0.717, 1.165) is 48.0 Å². The summed E-state index contributed by atoms with van der Waals surface area (Å²) in [5, 5.41) is 0. The lowest BCUT2D eigenvalue weighted by atomic mass is 9.88. The van der Waals surface area contributed by atoms with E-state index in [2.05, 4.69) is 54.8 Å². The van der Waals surface area contributed by atoms with Crippen LogP contribution in [-0.2, 0) is 11.3 Å². The molecule has 0 atom stereocenters. The van der Waals surface area contributed by atoms with Gasteiger partial charge in [-0.2, -0.15) is 0 Å². The number of piperidine rings is 1. The summed E-state index contributed by atoms with van der Waals surface area (Å²) in [6.45, 7) is 15.8. The number of hydrogen-bond donors (Lipinski definition) is 0. The van der Waals surface area contributed by atoms with Gasteiger partial charge in [0.25, 0.3) is 0 Å². The van der Waals surface area contributed by atoms with Crippen molar-refractivity contribution in [1.29, 1.82) is 0 Å². The molecular weight excluding hydrogens is 512 g/mol. The van der Waals surface area contributed by atoms with E-state index < -0.39 is 0 Å². The number of aryl methyl sites for hydroxylation is 1. The number of carbonyl (C=O) groups excluding carboxylic acids is 2. The van der Waals surface area contributed by atoms with Crippen molar-refractivity contribution >= 4 is 23.3 Å². The molecule has 3 heterocycles. The van der Waals surface area contributed by atoms with E-state index in [1.54, 1.807) is 17.6 Å². The Hall–Kier alpha value is -3.32. The molecule has 7 nitrogen and oxygen atoms in total. The average Bonchev–Trinajstić information content (AvgIpc) is 2.97. The van der Waals surface area contributed by atoms with Crippen molar-refractivity contribution in [2.45, 2.75) is 72.9 Å². The average molecular weight is 561 g/mol. The first-order valence-corrected chi connectivity index (χ1v) is 15.4. The molecule has 3 aliphatic heterocycles. The van der Waals surface area contributed by atoms with Gasteiger partial charge in [-0.15, -0.1) is 0 Å². The number of nitrogens with zero attached hydrogens (tertiary/aromatic N) is 4. The first-order valence-electron chi connectivity index (χ1n) is 15.4. The van der Waals surface area contributed by atoms with Crippen LogP contribution in [0.4, 0.5) is 16.2 Å². The number of hydrogen-bond acceptors (Lipinski definition) is 5. The van der Waals surface area contributed by atoms with Crippen molar-refractivity contribution in [2.24, 2.45) is 5.92 Å². The SMILES string of the molecule is CC.CC/C=C(\C)C1CN(C2CCN(c3ccc(N4CCC(=O)N(Cc5ccc(OC)cc5)C4=O)c(C)c3)CC2)C1. The van der Waals surface area contributed by atoms with Gasteiger partial charge in [-0.05, 0) is 74.6 Å². The Bertz CT molecular complexity index is 1210. The summed E-state index contributed by atoms with van der Waals surface area (Å²) in [6, 6.07) is 14.3. The zero-order valence-electron chi connectivity index (χ0n) is 25.9. The Morgan fingerprint density at radius 1 is 1.00 bits per heavy atom. The summed E-state index contributed by atoms with van der Waals surface area (Å²) in [5.41, 5.74) is 5.62. The summed E-state index contributed by atoms with van der Waals surface area (Å²) in [7, 11) is 1.62. The molecule has 7 heteroatoms. The second-order valence-corrected chi connectivity index (χ2v) is 11.2. The molecule has 0 saturated carbocycles. The van der Waals surface area contributed by atoms with Crippen LogP contribution in [0.3, 0.4) is 0 Å². The van der Waals surface area contributed by atoms with E-state index in [1.807, 2.05) is 38.1 Å². The maximum atomic E-state index is 13.4. The molecule has 41 heavy (non-hydrogen) atoms. The number of likely N-dealkylation sites (tertiary alicyclic amines) is 1. The Balaban J connectivity index is 0.00000189. The van der Waals surface area contributed by atoms with E-state index >= 15 is 0 Å². The molecule has 0 N–H and O–H groups in total. The summed E-state index contributed by atoms with van der Waals surface area (Å²) in [5.74, 6) is 1.37. The Kier molecular flexibility index (Phi) is 10.5. The quantitative estimate of drug-likeness (QED) is 0.339. The largest absolute Gasteiger partial charge is 0.497 e. The molecule has 0 radical (unpaired) electrons. The van der Waals surface area contributed by atoms with Crippen molar-refractivity contribution in [2.75, 3.05) is 49.6 Å². The van der Waals surface area contributed by atoms with Gasteiger partial charge < -0.3 is 9.64 Å². The first-order chi connectivity index (χ1) is 19.9. The number of amides is 3. The molecule has 3 saturated heterocycles. The van der Waals surface area contributed by atoms with Crippen LogP contribution in [0.5, 0.6) is 5.75 Å². The second-order valence-electron chi connectivity index (χ2n) is 11.2. The predicted molar refractivity (Wildman–Crippen MR) is 168 cm³/mol. The monoisotopic (exact) mass is 560 g/mol. The zero-order chi connectivity index (χ0) is 29.5. The maximum absolute atomic E-state index is 13.4. The highest BCUT2D eigenvalue weighted by Gasteiger charge is 2.36. The lowest BCUT2D eigenvalue weighted by Crippen LogP contribution is -2.55. The number of urea groups is 1. The number of anilines is 2. The van der Waals surface area contributed by atoms with Crippen molar-refractivity contribution < 1.29 is 14.3 Å². The zero-order valence-corrected chi connectivity index (χ0v) is 25.9. The molecule has 0 aromatic heterocycles. The summed E-state index contributed by atoms with van der Waals surface area (Å²) in [6.07, 6.45) is 6.21. The molecule has 0 bridgehead atoms. The fraction of sp³-hybridized carbons (Fsp3) is 0.529. The molecule has 2 aromatic rings. The third-order valence-electron chi connectivity index (χ3n) is 8.71. The van der Waals surface area contributed by atoms with Gasteiger partial charge in [-0.1, -0.05) is 44.6 Å². The smallest absolute Gasteiger partial charge is 0.331 e. The standard InChI is InChI=1S/C32H42N4O3.C2H6/c1-5-6-23(2)26-21-34(22-26)27-13-16-33(17-14-27)28-9-12-30(24(3)19-28)35-18-15-31(37)36(32(35)38)20-25-7-10-29(39-4)11-8-25;1-2/h6-12,19,26-27H,5,13-18,20-22H2,1-4H3;1-2H3/b23-6+;. The van der Waals surface area contributed by atoms with Crippen LogP contribution in [0.25, 0.3) is 0 Å². The van der Waals surface area contributed by atoms with E-state index in [-0.39, 0.29) is 18.5 Å². The van der Waals surface area contributed by atoms with E-state index in [1.165, 1.54) is 36.5 Å². The van der Waals surface area contributed by atoms with E-state index in [0.29, 0.717) is 19.0 Å². The lowest BCUT2D eigenvalue weighted by Gasteiger charge is -2.48. The van der Waals surface area contributed by atoms with E-state index in [9.17, 15) is 9.59 Å². The summed E-state index contributed by atoms with van der Waals surface area (Å²) in [4.78, 5) is 34.4. The van der Waals surface area contributed by atoms with Crippen LogP contribution in [0, 0.1) is 12.8 Å². The van der Waals surface area contributed by atoms with Gasteiger partial charge in [0, 0.05) is 62.5 Å². The van der Waals surface area contributed by atoms with Crippen LogP contribution in [0.2, 0.25) is 0 Å². The predicted octanol–water partition coefficient (Wildman–Crippen LogP) is 6.65. The summed E-state index contributed by atoms with van der Waals surface area (Å²) < 4.78 is 5.22. The van der Waals surface area contributed by atoms with Crippen molar-refractivity contribution in [3.8, 4) is 5.75 Å². The van der Waals surface area contributed by atoms with Crippen molar-refractivity contribution in [3.63, 3.8) is 0 Å². The van der Waals surface area contributed by atoms with Crippen molar-refractivity contribution in [1.82, 2.24) is 9.80 Å². The number of benzene rings is 2. The Labute approximate surface area is 246 Å². The third-order valence-corrected chi connectivity index (χ3v) is 8.71. The molecule has 2 aromatic carbocycles. The molecule has 3 amide bonds. The molecule has 0 unspecified atom stereocenters. The minimum Gasteiger partial charge on any atom is -0.497 e. The molecule has 3 fully saturated rings. The minimum atomic E-state index is -0.254. The van der Waals surface area contributed by atoms with Crippen LogP contribution >= 0.6 is 0 Å². The Morgan fingerprint density at radius 3 is 2.29 bits per heavy atom. The highest BCUT2D eigenvalue weighted by atomic mass is 16.5. The van der Waals surface area contributed by atoms with Gasteiger partial charge in [0.2, 0.25) is 5.91 Å². The van der Waals surface area contributed by atoms with Gasteiger partial charge in [-0.3, -0.25) is 19.5 Å². The third kappa shape index (κ3) is 6.95. The number of carbonyl (C=O) groups is 2. The van der Waals surface area contributed by atoms with E-state index in [4.69, 9.17) is 4.74 Å². The Morgan fingerprint density at radius 2 is 1.68 bits per heavy atom. The minimum absolute atomic E-state index is 0.130. The number of allylic oxidation sites excluding steroid dienone is 1. The van der Waals surface area contributed by atoms with Crippen LogP contribution in [0.1, 0.15) is 64.5 Å². The topological polar surface area (TPSA) is 56.3 Å². The fourth-order valence-corrected chi connectivity index (χ4v) is 6.20. The van der Waals surface area contributed by atoms with Gasteiger partial charge >= 0.3 is 6.03 Å². The van der Waals surface area contributed by atoms with Crippen LogP contribution < -0.4 is 14.5 Å². The van der Waals surface area contributed by atoms with Gasteiger partial charge in [0.05, 0.1) is 13.7 Å². The highest BCUT2D eigenvalue weighted by molar-refractivity contribution is 6.06. The lowest BCUT2D eigenvalue weighted by molar-refractivity contribution is -0.129. The van der Waals surface area contributed by atoms with Crippen molar-refractivity contribution in [3.05, 3.63) is 65.2 Å². The molecule has 0 spiro atoms. The number of imide groups is 1. The van der Waals surface area contributed by atoms with Gasteiger partial charge in [-0.25, -0.2) is 4.79 Å². The molecule has 3 aliphatic rings. The summed E-state index contributed by atoms with van der Waals surface area (Å²) >= 11 is 0. The molecule has 222 valence electrons.